The third kappa shape index (κ3) is 1.36. The Morgan fingerprint density at radius 1 is 1.56 bits per heavy atom. The van der Waals surface area contributed by atoms with Crippen molar-refractivity contribution in [1.29, 1.82) is 0 Å². The van der Waals surface area contributed by atoms with Gasteiger partial charge in [-0.2, -0.15) is 5.10 Å². The van der Waals surface area contributed by atoms with Crippen LogP contribution in [0.2, 0.25) is 0 Å². The van der Waals surface area contributed by atoms with Crippen molar-refractivity contribution in [1.82, 2.24) is 9.78 Å². The van der Waals surface area contributed by atoms with E-state index >= 15 is 0 Å². The Balaban J connectivity index is 1.91. The first-order valence-corrected chi connectivity index (χ1v) is 5.98. The fraction of sp³-hybridized carbons (Fsp3) is 0.667. The molecule has 0 amide bonds. The average molecular weight is 220 g/mol. The molecule has 2 fully saturated rings. The fourth-order valence-electron chi connectivity index (χ4n) is 2.54. The smallest absolute Gasteiger partial charge is 0.315 e. The zero-order valence-electron chi connectivity index (χ0n) is 9.22. The molecule has 0 spiro atoms. The van der Waals surface area contributed by atoms with Crippen LogP contribution in [-0.4, -0.2) is 20.9 Å². The van der Waals surface area contributed by atoms with E-state index in [1.807, 2.05) is 10.7 Å². The van der Waals surface area contributed by atoms with Gasteiger partial charge in [-0.05, 0) is 37.7 Å². The number of rotatable bonds is 4. The van der Waals surface area contributed by atoms with Crippen LogP contribution >= 0.6 is 0 Å². The van der Waals surface area contributed by atoms with Crippen molar-refractivity contribution in [2.75, 3.05) is 0 Å². The highest BCUT2D eigenvalue weighted by Crippen LogP contribution is 2.44. The first-order valence-electron chi connectivity index (χ1n) is 5.98. The van der Waals surface area contributed by atoms with Crippen LogP contribution in [0, 0.1) is 5.92 Å². The second kappa shape index (κ2) is 3.34. The minimum Gasteiger partial charge on any atom is -0.481 e. The zero-order chi connectivity index (χ0) is 11.2. The van der Waals surface area contributed by atoms with Crippen LogP contribution in [0.5, 0.6) is 0 Å². The minimum absolute atomic E-state index is 0.634. The Bertz CT molecular complexity index is 416. The maximum Gasteiger partial charge on any atom is 0.315 e. The van der Waals surface area contributed by atoms with Crippen molar-refractivity contribution >= 4 is 5.97 Å². The quantitative estimate of drug-likeness (QED) is 0.841. The Hall–Kier alpha value is -1.32. The van der Waals surface area contributed by atoms with Crippen molar-refractivity contribution in [3.8, 4) is 0 Å². The summed E-state index contributed by atoms with van der Waals surface area (Å²) in [5.41, 5.74) is 0.281. The standard InChI is InChI=1S/C12H16N2O2/c15-11(16)12(5-1-6-12)10-4-7-13-14(10)8-9-2-3-9/h4,7,9H,1-3,5-6,8H2,(H,15,16). The molecule has 1 aromatic rings. The normalized spacial score (nSPS) is 22.8. The van der Waals surface area contributed by atoms with E-state index < -0.39 is 11.4 Å². The van der Waals surface area contributed by atoms with Gasteiger partial charge in [0.25, 0.3) is 0 Å². The SMILES string of the molecule is O=C(O)C1(c2ccnn2CC2CC2)CCC1. The maximum absolute atomic E-state index is 11.4. The molecule has 4 nitrogen and oxygen atoms in total. The van der Waals surface area contributed by atoms with Gasteiger partial charge in [0.1, 0.15) is 5.41 Å². The predicted molar refractivity (Wildman–Crippen MR) is 58.1 cm³/mol. The van der Waals surface area contributed by atoms with Crippen LogP contribution in [0.15, 0.2) is 12.3 Å². The summed E-state index contributed by atoms with van der Waals surface area (Å²) in [5.74, 6) is 0.0425. The Morgan fingerprint density at radius 2 is 2.31 bits per heavy atom. The topological polar surface area (TPSA) is 55.1 Å². The third-order valence-corrected chi connectivity index (χ3v) is 3.95. The summed E-state index contributed by atoms with van der Waals surface area (Å²) in [7, 11) is 0. The Kier molecular flexibility index (Phi) is 2.06. The molecule has 0 unspecified atom stereocenters. The lowest BCUT2D eigenvalue weighted by Gasteiger charge is -2.37. The highest BCUT2D eigenvalue weighted by Gasteiger charge is 2.48. The van der Waals surface area contributed by atoms with E-state index in [0.717, 1.165) is 37.4 Å². The van der Waals surface area contributed by atoms with Crippen molar-refractivity contribution in [3.63, 3.8) is 0 Å². The molecule has 86 valence electrons. The van der Waals surface area contributed by atoms with Gasteiger partial charge < -0.3 is 5.11 Å². The second-order valence-corrected chi connectivity index (χ2v) is 5.08. The van der Waals surface area contributed by atoms with Gasteiger partial charge in [0, 0.05) is 12.7 Å². The molecule has 0 atom stereocenters. The van der Waals surface area contributed by atoms with E-state index in [9.17, 15) is 9.90 Å². The second-order valence-electron chi connectivity index (χ2n) is 5.08. The summed E-state index contributed by atoms with van der Waals surface area (Å²) in [4.78, 5) is 11.4. The number of nitrogens with zero attached hydrogens (tertiary/aromatic N) is 2. The minimum atomic E-state index is -0.684. The van der Waals surface area contributed by atoms with E-state index in [2.05, 4.69) is 5.10 Å². The lowest BCUT2D eigenvalue weighted by Crippen LogP contribution is -2.44. The van der Waals surface area contributed by atoms with Gasteiger partial charge in [0.05, 0.1) is 5.69 Å². The molecule has 2 saturated carbocycles. The average Bonchev–Trinajstić information content (AvgIpc) is 2.85. The number of aromatic nitrogens is 2. The molecule has 1 N–H and O–H groups in total. The van der Waals surface area contributed by atoms with Gasteiger partial charge >= 0.3 is 5.97 Å². The molecular formula is C12H16N2O2. The van der Waals surface area contributed by atoms with Gasteiger partial charge in [-0.25, -0.2) is 0 Å². The molecule has 3 rings (SSSR count). The number of hydrogen-bond acceptors (Lipinski definition) is 2. The fourth-order valence-corrected chi connectivity index (χ4v) is 2.54. The van der Waals surface area contributed by atoms with Crippen LogP contribution in [0.3, 0.4) is 0 Å². The number of aliphatic carboxylic acids is 1. The third-order valence-electron chi connectivity index (χ3n) is 3.95. The highest BCUT2D eigenvalue weighted by atomic mass is 16.4. The number of carboxylic acids is 1. The van der Waals surface area contributed by atoms with Crippen molar-refractivity contribution in [3.05, 3.63) is 18.0 Å². The predicted octanol–water partition coefficient (Wildman–Crippen LogP) is 1.80. The molecule has 4 heteroatoms. The molecule has 0 aromatic carbocycles. The maximum atomic E-state index is 11.4. The van der Waals surface area contributed by atoms with Crippen LogP contribution in [0.4, 0.5) is 0 Å². The molecular weight excluding hydrogens is 204 g/mol. The van der Waals surface area contributed by atoms with Crippen LogP contribution in [-0.2, 0) is 16.8 Å². The van der Waals surface area contributed by atoms with Crippen molar-refractivity contribution in [2.45, 2.75) is 44.1 Å². The van der Waals surface area contributed by atoms with Gasteiger partial charge in [-0.15, -0.1) is 0 Å². The largest absolute Gasteiger partial charge is 0.481 e. The van der Waals surface area contributed by atoms with E-state index in [-0.39, 0.29) is 0 Å². The lowest BCUT2D eigenvalue weighted by molar-refractivity contribution is -0.147. The molecule has 1 aromatic heterocycles. The summed E-state index contributed by atoms with van der Waals surface area (Å²) in [5, 5.41) is 13.7. The van der Waals surface area contributed by atoms with Gasteiger partial charge in [-0.3, -0.25) is 9.48 Å². The molecule has 0 bridgehead atoms. The molecule has 2 aliphatic carbocycles. The molecule has 16 heavy (non-hydrogen) atoms. The summed E-state index contributed by atoms with van der Waals surface area (Å²) < 4.78 is 1.92. The summed E-state index contributed by atoms with van der Waals surface area (Å²) in [6.07, 6.45) is 6.80. The van der Waals surface area contributed by atoms with Crippen molar-refractivity contribution < 1.29 is 9.90 Å². The summed E-state index contributed by atoms with van der Waals surface area (Å²) >= 11 is 0. The summed E-state index contributed by atoms with van der Waals surface area (Å²) in [6, 6.07) is 1.88. The molecule has 0 saturated heterocycles. The van der Waals surface area contributed by atoms with E-state index in [1.165, 1.54) is 12.8 Å². The van der Waals surface area contributed by atoms with Gasteiger partial charge in [-0.1, -0.05) is 6.42 Å². The first kappa shape index (κ1) is 9.87. The monoisotopic (exact) mass is 220 g/mol. The highest BCUT2D eigenvalue weighted by molar-refractivity contribution is 5.81. The molecule has 0 radical (unpaired) electrons. The van der Waals surface area contributed by atoms with Crippen molar-refractivity contribution in [2.24, 2.45) is 5.92 Å². The van der Waals surface area contributed by atoms with E-state index in [0.29, 0.717) is 0 Å². The van der Waals surface area contributed by atoms with E-state index in [1.54, 1.807) is 6.20 Å². The van der Waals surface area contributed by atoms with Crippen LogP contribution in [0.1, 0.15) is 37.8 Å². The Morgan fingerprint density at radius 3 is 2.81 bits per heavy atom. The molecule has 1 heterocycles. The Labute approximate surface area is 94.3 Å². The first-order chi connectivity index (χ1) is 7.72. The van der Waals surface area contributed by atoms with Crippen LogP contribution in [0.25, 0.3) is 0 Å². The summed E-state index contributed by atoms with van der Waals surface area (Å²) in [6.45, 7) is 0.900. The zero-order valence-corrected chi connectivity index (χ0v) is 9.22. The van der Waals surface area contributed by atoms with Gasteiger partial charge in [0.2, 0.25) is 0 Å². The molecule has 2 aliphatic rings. The molecule has 0 aliphatic heterocycles. The van der Waals surface area contributed by atoms with E-state index in [4.69, 9.17) is 0 Å². The number of carboxylic acid groups (broad SMARTS) is 1. The number of carbonyl (C=O) groups is 1. The lowest BCUT2D eigenvalue weighted by atomic mass is 9.66. The van der Waals surface area contributed by atoms with Gasteiger partial charge in [0.15, 0.2) is 0 Å². The number of hydrogen-bond donors (Lipinski definition) is 1. The van der Waals surface area contributed by atoms with Crippen LogP contribution < -0.4 is 0 Å².